The Morgan fingerprint density at radius 1 is 0.946 bits per heavy atom. The largest absolute Gasteiger partial charge is 0.355 e. The fraction of sp³-hybridized carbons (Fsp3) is 0.259. The van der Waals surface area contributed by atoms with Crippen LogP contribution in [-0.4, -0.2) is 44.3 Å². The smallest absolute Gasteiger partial charge is 0.264 e. The van der Waals surface area contributed by atoms with E-state index in [1.165, 1.54) is 17.0 Å². The van der Waals surface area contributed by atoms with Gasteiger partial charge < -0.3 is 10.2 Å². The Morgan fingerprint density at radius 3 is 2.27 bits per heavy atom. The first-order valence-electron chi connectivity index (χ1n) is 11.7. The molecule has 0 spiro atoms. The maximum atomic E-state index is 13.8. The molecule has 37 heavy (non-hydrogen) atoms. The highest BCUT2D eigenvalue weighted by atomic mass is 35.5. The minimum Gasteiger partial charge on any atom is -0.355 e. The molecule has 10 heteroatoms. The number of carbonyl (C=O) groups is 2. The number of anilines is 1. The predicted octanol–water partition coefficient (Wildman–Crippen LogP) is 5.05. The number of amides is 2. The summed E-state index contributed by atoms with van der Waals surface area (Å²) in [5.74, 6) is -0.908. The van der Waals surface area contributed by atoms with E-state index < -0.39 is 28.5 Å². The highest BCUT2D eigenvalue weighted by Gasteiger charge is 2.32. The van der Waals surface area contributed by atoms with Crippen molar-refractivity contribution in [3.05, 3.63) is 94.0 Å². The van der Waals surface area contributed by atoms with Crippen LogP contribution in [0.1, 0.15) is 25.0 Å². The topological polar surface area (TPSA) is 86.8 Å². The van der Waals surface area contributed by atoms with E-state index in [1.807, 2.05) is 13.0 Å². The van der Waals surface area contributed by atoms with Crippen LogP contribution in [0, 0.1) is 6.92 Å². The predicted molar refractivity (Wildman–Crippen MR) is 147 cm³/mol. The zero-order valence-corrected chi connectivity index (χ0v) is 23.1. The average Bonchev–Trinajstić information content (AvgIpc) is 2.87. The van der Waals surface area contributed by atoms with Crippen LogP contribution in [0.2, 0.25) is 10.0 Å². The van der Waals surface area contributed by atoms with E-state index in [0.717, 1.165) is 9.87 Å². The van der Waals surface area contributed by atoms with Gasteiger partial charge >= 0.3 is 0 Å². The molecular formula is C27H29Cl2N3O4S. The molecule has 0 aromatic heterocycles. The van der Waals surface area contributed by atoms with Crippen molar-refractivity contribution in [1.82, 2.24) is 10.2 Å². The first kappa shape index (κ1) is 28.5. The van der Waals surface area contributed by atoms with Crippen molar-refractivity contribution in [2.45, 2.75) is 38.3 Å². The maximum absolute atomic E-state index is 13.8. The van der Waals surface area contributed by atoms with Crippen molar-refractivity contribution < 1.29 is 18.0 Å². The third-order valence-electron chi connectivity index (χ3n) is 5.75. The molecule has 196 valence electrons. The molecule has 0 aliphatic carbocycles. The maximum Gasteiger partial charge on any atom is 0.264 e. The van der Waals surface area contributed by atoms with Gasteiger partial charge in [-0.3, -0.25) is 13.9 Å². The molecule has 3 aromatic carbocycles. The van der Waals surface area contributed by atoms with Gasteiger partial charge in [-0.2, -0.15) is 0 Å². The monoisotopic (exact) mass is 561 g/mol. The molecule has 1 unspecified atom stereocenters. The van der Waals surface area contributed by atoms with E-state index >= 15 is 0 Å². The van der Waals surface area contributed by atoms with Crippen LogP contribution in [0.3, 0.4) is 0 Å². The molecule has 0 saturated heterocycles. The standard InChI is InChI=1S/C27H29Cl2N3O4S/c1-4-30-27(34)20(3)31(17-21-13-14-24(28)25(29)16-21)26(33)18-32(22-10-8-9-19(2)15-22)37(35,36)23-11-6-5-7-12-23/h5-16,20H,4,17-18H2,1-3H3,(H,30,34). The Balaban J connectivity index is 2.03. The van der Waals surface area contributed by atoms with E-state index in [2.05, 4.69) is 5.32 Å². The lowest BCUT2D eigenvalue weighted by Crippen LogP contribution is -2.51. The van der Waals surface area contributed by atoms with Gasteiger partial charge in [0.05, 0.1) is 20.6 Å². The number of nitrogens with one attached hydrogen (secondary N) is 1. The Hall–Kier alpha value is -3.07. The number of hydrogen-bond donors (Lipinski definition) is 1. The summed E-state index contributed by atoms with van der Waals surface area (Å²) in [6.45, 7) is 5.12. The molecule has 0 bridgehead atoms. The van der Waals surface area contributed by atoms with Gasteiger partial charge in [0.25, 0.3) is 10.0 Å². The molecule has 0 fully saturated rings. The summed E-state index contributed by atoms with van der Waals surface area (Å²) in [5, 5.41) is 3.39. The van der Waals surface area contributed by atoms with E-state index in [4.69, 9.17) is 23.2 Å². The quantitative estimate of drug-likeness (QED) is 0.375. The Kier molecular flexibility index (Phi) is 9.59. The van der Waals surface area contributed by atoms with Gasteiger partial charge in [-0.25, -0.2) is 8.42 Å². The number of rotatable bonds is 10. The molecule has 0 aliphatic rings. The summed E-state index contributed by atoms with van der Waals surface area (Å²) in [6, 6.07) is 18.9. The average molecular weight is 563 g/mol. The van der Waals surface area contributed by atoms with E-state index in [1.54, 1.807) is 68.4 Å². The summed E-state index contributed by atoms with van der Waals surface area (Å²) in [4.78, 5) is 27.9. The van der Waals surface area contributed by atoms with Gasteiger partial charge in [0.1, 0.15) is 12.6 Å². The number of nitrogens with zero attached hydrogens (tertiary/aromatic N) is 2. The number of halogens is 2. The van der Waals surface area contributed by atoms with Crippen LogP contribution in [0.5, 0.6) is 0 Å². The summed E-state index contributed by atoms with van der Waals surface area (Å²) < 4.78 is 28.5. The molecule has 0 radical (unpaired) electrons. The molecule has 1 N–H and O–H groups in total. The molecule has 0 saturated carbocycles. The van der Waals surface area contributed by atoms with Gasteiger partial charge in [0, 0.05) is 13.1 Å². The third-order valence-corrected chi connectivity index (χ3v) is 8.28. The lowest BCUT2D eigenvalue weighted by molar-refractivity contribution is -0.139. The van der Waals surface area contributed by atoms with Gasteiger partial charge in [-0.1, -0.05) is 59.6 Å². The first-order valence-corrected chi connectivity index (χ1v) is 13.9. The van der Waals surface area contributed by atoms with Gasteiger partial charge in [0.2, 0.25) is 11.8 Å². The van der Waals surface area contributed by atoms with E-state index in [9.17, 15) is 18.0 Å². The van der Waals surface area contributed by atoms with Crippen LogP contribution in [0.25, 0.3) is 0 Å². The number of aryl methyl sites for hydroxylation is 1. The number of sulfonamides is 1. The van der Waals surface area contributed by atoms with Gasteiger partial charge in [0.15, 0.2) is 0 Å². The normalized spacial score (nSPS) is 12.0. The number of likely N-dealkylation sites (N-methyl/N-ethyl adjacent to an activating group) is 1. The minimum absolute atomic E-state index is 0.0288. The number of hydrogen-bond acceptors (Lipinski definition) is 4. The molecule has 3 aromatic rings. The second kappa shape index (κ2) is 12.4. The van der Waals surface area contributed by atoms with Crippen molar-refractivity contribution in [2.24, 2.45) is 0 Å². The van der Waals surface area contributed by atoms with Crippen molar-refractivity contribution in [1.29, 1.82) is 0 Å². The van der Waals surface area contributed by atoms with Crippen LogP contribution in [0.15, 0.2) is 77.7 Å². The summed E-state index contributed by atoms with van der Waals surface area (Å²) in [5.41, 5.74) is 1.82. The summed E-state index contributed by atoms with van der Waals surface area (Å²) >= 11 is 12.2. The zero-order valence-electron chi connectivity index (χ0n) is 20.8. The summed E-state index contributed by atoms with van der Waals surface area (Å²) in [7, 11) is -4.09. The molecule has 2 amide bonds. The second-order valence-electron chi connectivity index (χ2n) is 8.50. The Labute approximate surface area is 228 Å². The van der Waals surface area contributed by atoms with Crippen molar-refractivity contribution in [3.63, 3.8) is 0 Å². The fourth-order valence-corrected chi connectivity index (χ4v) is 5.52. The van der Waals surface area contributed by atoms with Crippen molar-refractivity contribution in [2.75, 3.05) is 17.4 Å². The van der Waals surface area contributed by atoms with Crippen LogP contribution < -0.4 is 9.62 Å². The van der Waals surface area contributed by atoms with Crippen molar-refractivity contribution in [3.8, 4) is 0 Å². The van der Waals surface area contributed by atoms with E-state index in [0.29, 0.717) is 27.8 Å². The number of benzene rings is 3. The number of carbonyl (C=O) groups excluding carboxylic acids is 2. The fourth-order valence-electron chi connectivity index (χ4n) is 3.77. The Morgan fingerprint density at radius 2 is 1.65 bits per heavy atom. The second-order valence-corrected chi connectivity index (χ2v) is 11.2. The third kappa shape index (κ3) is 7.03. The van der Waals surface area contributed by atoms with E-state index in [-0.39, 0.29) is 17.3 Å². The van der Waals surface area contributed by atoms with Crippen LogP contribution in [0.4, 0.5) is 5.69 Å². The van der Waals surface area contributed by atoms with Gasteiger partial charge in [-0.15, -0.1) is 0 Å². The van der Waals surface area contributed by atoms with Crippen LogP contribution in [-0.2, 0) is 26.2 Å². The lowest BCUT2D eigenvalue weighted by atomic mass is 10.1. The molecule has 1 atom stereocenters. The van der Waals surface area contributed by atoms with Crippen LogP contribution >= 0.6 is 23.2 Å². The first-order chi connectivity index (χ1) is 17.5. The molecular weight excluding hydrogens is 533 g/mol. The molecule has 7 nitrogen and oxygen atoms in total. The van der Waals surface area contributed by atoms with Gasteiger partial charge in [-0.05, 0) is 68.3 Å². The minimum atomic E-state index is -4.09. The summed E-state index contributed by atoms with van der Waals surface area (Å²) in [6.07, 6.45) is 0. The zero-order chi connectivity index (χ0) is 27.2. The highest BCUT2D eigenvalue weighted by Crippen LogP contribution is 2.26. The molecule has 0 aliphatic heterocycles. The Bertz CT molecular complexity index is 1370. The highest BCUT2D eigenvalue weighted by molar-refractivity contribution is 7.92. The lowest BCUT2D eigenvalue weighted by Gasteiger charge is -2.32. The SMILES string of the molecule is CCNC(=O)C(C)N(Cc1ccc(Cl)c(Cl)c1)C(=O)CN(c1cccc(C)c1)S(=O)(=O)c1ccccc1. The molecule has 3 rings (SSSR count). The molecule has 0 heterocycles. The van der Waals surface area contributed by atoms with Crippen molar-refractivity contribution >= 4 is 50.7 Å².